The van der Waals surface area contributed by atoms with Crippen LogP contribution in [0.1, 0.15) is 26.2 Å². The van der Waals surface area contributed by atoms with Gasteiger partial charge in [0.1, 0.15) is 11.9 Å². The molecule has 1 fully saturated rings. The smallest absolute Gasteiger partial charge is 0.142 e. The van der Waals surface area contributed by atoms with E-state index in [0.29, 0.717) is 5.41 Å². The molecule has 3 nitrogen and oxygen atoms in total. The number of ether oxygens (including phenoxy) is 1. The maximum Gasteiger partial charge on any atom is 0.142 e. The molecule has 1 unspecified atom stereocenters. The topological polar surface area (TPSA) is 33.3 Å². The molecule has 0 aromatic heterocycles. The van der Waals surface area contributed by atoms with E-state index in [9.17, 15) is 0 Å². The number of anilines is 1. The monoisotopic (exact) mass is 246 g/mol. The number of fused-ring (bicyclic) bond motifs is 1. The van der Waals surface area contributed by atoms with E-state index in [0.717, 1.165) is 31.1 Å². The Kier molecular flexibility index (Phi) is 3.16. The number of hydrogen-bond acceptors (Lipinski definition) is 3. The quantitative estimate of drug-likeness (QED) is 0.838. The lowest BCUT2D eigenvalue weighted by Crippen LogP contribution is -2.41. The highest BCUT2D eigenvalue weighted by molar-refractivity contribution is 5.57. The third-order valence-corrected chi connectivity index (χ3v) is 4.28. The fraction of sp³-hybridized carbons (Fsp3) is 0.600. The van der Waals surface area contributed by atoms with Crippen molar-refractivity contribution >= 4 is 5.69 Å². The Balaban J connectivity index is 1.48. The molecule has 0 radical (unpaired) electrons. The Bertz CT molecular complexity index is 415. The number of para-hydroxylation sites is 2. The van der Waals surface area contributed by atoms with Crippen molar-refractivity contribution in [2.24, 2.45) is 5.41 Å². The van der Waals surface area contributed by atoms with Gasteiger partial charge >= 0.3 is 0 Å². The molecule has 3 rings (SSSR count). The summed E-state index contributed by atoms with van der Waals surface area (Å²) < 4.78 is 5.98. The van der Waals surface area contributed by atoms with Crippen LogP contribution in [0, 0.1) is 5.41 Å². The average Bonchev–Trinajstić information content (AvgIpc) is 3.19. The molecule has 1 aliphatic carbocycles. The normalized spacial score (nSPS) is 23.7. The number of nitrogens with one attached hydrogen (secondary N) is 2. The van der Waals surface area contributed by atoms with E-state index in [2.05, 4.69) is 23.6 Å². The lowest BCUT2D eigenvalue weighted by Gasteiger charge is -2.28. The molecule has 2 N–H and O–H groups in total. The van der Waals surface area contributed by atoms with Gasteiger partial charge in [-0.2, -0.15) is 0 Å². The summed E-state index contributed by atoms with van der Waals surface area (Å²) in [7, 11) is 0. The third-order valence-electron chi connectivity index (χ3n) is 4.28. The van der Waals surface area contributed by atoms with Crippen molar-refractivity contribution in [2.45, 2.75) is 32.3 Å². The first-order chi connectivity index (χ1) is 8.81. The highest BCUT2D eigenvalue weighted by Gasteiger charge is 2.40. The molecule has 1 saturated carbocycles. The minimum Gasteiger partial charge on any atom is -0.485 e. The van der Waals surface area contributed by atoms with Gasteiger partial charge in [-0.25, -0.2) is 0 Å². The van der Waals surface area contributed by atoms with Gasteiger partial charge < -0.3 is 15.4 Å². The number of hydrogen-bond donors (Lipinski definition) is 2. The molecule has 1 aromatic rings. The van der Waals surface area contributed by atoms with E-state index < -0.39 is 0 Å². The van der Waals surface area contributed by atoms with Gasteiger partial charge in [0, 0.05) is 13.1 Å². The molecule has 1 atom stereocenters. The van der Waals surface area contributed by atoms with Crippen molar-refractivity contribution < 1.29 is 4.74 Å². The maximum absolute atomic E-state index is 5.98. The van der Waals surface area contributed by atoms with E-state index in [-0.39, 0.29) is 6.10 Å². The second-order valence-corrected chi connectivity index (χ2v) is 5.60. The first kappa shape index (κ1) is 11.8. The van der Waals surface area contributed by atoms with E-state index in [1.165, 1.54) is 19.3 Å². The molecule has 0 saturated heterocycles. The Morgan fingerprint density at radius 3 is 3.00 bits per heavy atom. The Labute approximate surface area is 109 Å². The van der Waals surface area contributed by atoms with Crippen molar-refractivity contribution in [3.8, 4) is 5.75 Å². The van der Waals surface area contributed by atoms with Crippen molar-refractivity contribution in [3.63, 3.8) is 0 Å². The SMILES string of the molecule is CCC1(CNCC2CNc3ccccc3O2)CC1. The largest absolute Gasteiger partial charge is 0.485 e. The van der Waals surface area contributed by atoms with E-state index >= 15 is 0 Å². The zero-order valence-electron chi connectivity index (χ0n) is 11.0. The summed E-state index contributed by atoms with van der Waals surface area (Å²) in [4.78, 5) is 0. The molecular weight excluding hydrogens is 224 g/mol. The molecule has 0 bridgehead atoms. The van der Waals surface area contributed by atoms with Gasteiger partial charge in [-0.1, -0.05) is 19.1 Å². The minimum absolute atomic E-state index is 0.243. The molecule has 2 aliphatic rings. The van der Waals surface area contributed by atoms with E-state index in [1.807, 2.05) is 18.2 Å². The number of benzene rings is 1. The molecule has 98 valence electrons. The van der Waals surface area contributed by atoms with Crippen LogP contribution < -0.4 is 15.4 Å². The van der Waals surface area contributed by atoms with Crippen LogP contribution in [0.25, 0.3) is 0 Å². The predicted molar refractivity (Wildman–Crippen MR) is 74.2 cm³/mol. The van der Waals surface area contributed by atoms with Gasteiger partial charge in [-0.3, -0.25) is 0 Å². The fourth-order valence-electron chi connectivity index (χ4n) is 2.60. The van der Waals surface area contributed by atoms with Crippen LogP contribution in [0.4, 0.5) is 5.69 Å². The van der Waals surface area contributed by atoms with Crippen molar-refractivity contribution in [1.82, 2.24) is 5.32 Å². The molecule has 1 aromatic carbocycles. The third kappa shape index (κ3) is 2.46. The maximum atomic E-state index is 5.98. The molecular formula is C15H22N2O. The molecule has 0 spiro atoms. The van der Waals surface area contributed by atoms with E-state index in [1.54, 1.807) is 0 Å². The summed E-state index contributed by atoms with van der Waals surface area (Å²) in [6, 6.07) is 8.15. The first-order valence-electron chi connectivity index (χ1n) is 7.02. The average molecular weight is 246 g/mol. The van der Waals surface area contributed by atoms with Crippen molar-refractivity contribution in [3.05, 3.63) is 24.3 Å². The van der Waals surface area contributed by atoms with Crippen LogP contribution in [0.2, 0.25) is 0 Å². The van der Waals surface area contributed by atoms with Crippen LogP contribution in [0.5, 0.6) is 5.75 Å². The highest BCUT2D eigenvalue weighted by atomic mass is 16.5. The minimum atomic E-state index is 0.243. The summed E-state index contributed by atoms with van der Waals surface area (Å²) in [6.07, 6.45) is 4.33. The van der Waals surface area contributed by atoms with Gasteiger partial charge in [0.25, 0.3) is 0 Å². The van der Waals surface area contributed by atoms with Gasteiger partial charge in [0.05, 0.1) is 12.2 Å². The zero-order chi connectivity index (χ0) is 12.4. The predicted octanol–water partition coefficient (Wildman–Crippen LogP) is 2.64. The van der Waals surface area contributed by atoms with Gasteiger partial charge in [0.15, 0.2) is 0 Å². The Hall–Kier alpha value is -1.22. The summed E-state index contributed by atoms with van der Waals surface area (Å²) in [5.41, 5.74) is 1.72. The second-order valence-electron chi connectivity index (χ2n) is 5.60. The first-order valence-corrected chi connectivity index (χ1v) is 7.02. The van der Waals surface area contributed by atoms with Crippen LogP contribution in [0.15, 0.2) is 24.3 Å². The second kappa shape index (κ2) is 4.81. The van der Waals surface area contributed by atoms with Gasteiger partial charge in [-0.05, 0) is 36.8 Å². The highest BCUT2D eigenvalue weighted by Crippen LogP contribution is 2.47. The van der Waals surface area contributed by atoms with Crippen molar-refractivity contribution in [2.75, 3.05) is 25.0 Å². The van der Waals surface area contributed by atoms with E-state index in [4.69, 9.17) is 4.74 Å². The zero-order valence-corrected chi connectivity index (χ0v) is 11.0. The summed E-state index contributed by atoms with van der Waals surface area (Å²) >= 11 is 0. The van der Waals surface area contributed by atoms with Crippen molar-refractivity contribution in [1.29, 1.82) is 0 Å². The fourth-order valence-corrected chi connectivity index (χ4v) is 2.60. The Morgan fingerprint density at radius 1 is 1.39 bits per heavy atom. The van der Waals surface area contributed by atoms with Crippen LogP contribution in [-0.4, -0.2) is 25.7 Å². The van der Waals surface area contributed by atoms with Gasteiger partial charge in [-0.15, -0.1) is 0 Å². The lowest BCUT2D eigenvalue weighted by molar-refractivity contribution is 0.198. The molecule has 3 heteroatoms. The van der Waals surface area contributed by atoms with Gasteiger partial charge in [0.2, 0.25) is 0 Å². The van der Waals surface area contributed by atoms with Crippen LogP contribution >= 0.6 is 0 Å². The van der Waals surface area contributed by atoms with Crippen LogP contribution in [-0.2, 0) is 0 Å². The summed E-state index contributed by atoms with van der Waals surface area (Å²) in [5.74, 6) is 0.979. The van der Waals surface area contributed by atoms with Crippen LogP contribution in [0.3, 0.4) is 0 Å². The summed E-state index contributed by atoms with van der Waals surface area (Å²) in [6.45, 7) is 5.26. The molecule has 1 heterocycles. The lowest BCUT2D eigenvalue weighted by atomic mass is 10.0. The molecule has 1 aliphatic heterocycles. The molecule has 0 amide bonds. The molecule has 18 heavy (non-hydrogen) atoms. The summed E-state index contributed by atoms with van der Waals surface area (Å²) in [5, 5.41) is 7.00. The standard InChI is InChI=1S/C15H22N2O/c1-2-15(7-8-15)11-16-9-12-10-17-13-5-3-4-6-14(13)18-12/h3-6,12,16-17H,2,7-11H2,1H3. The number of rotatable bonds is 5. The Morgan fingerprint density at radius 2 is 2.22 bits per heavy atom.